The molecule has 2 aliphatic rings. The predicted octanol–water partition coefficient (Wildman–Crippen LogP) is 2.68. The maximum Gasteiger partial charge on any atom is 0.147 e. The van der Waals surface area contributed by atoms with Gasteiger partial charge in [0.15, 0.2) is 0 Å². The van der Waals surface area contributed by atoms with E-state index in [4.69, 9.17) is 23.7 Å². The summed E-state index contributed by atoms with van der Waals surface area (Å²) in [6.45, 7) is 3.25. The van der Waals surface area contributed by atoms with Crippen molar-refractivity contribution in [3.63, 3.8) is 0 Å². The molecule has 0 spiro atoms. The van der Waals surface area contributed by atoms with Crippen LogP contribution < -0.4 is 0 Å². The third-order valence-corrected chi connectivity index (χ3v) is 5.21. The van der Waals surface area contributed by atoms with Crippen LogP contribution >= 0.6 is 0 Å². The third kappa shape index (κ3) is 5.23. The van der Waals surface area contributed by atoms with Crippen molar-refractivity contribution in [2.24, 2.45) is 5.92 Å². The Morgan fingerprint density at radius 3 is 2.75 bits per heavy atom. The highest BCUT2D eigenvalue weighted by atomic mass is 16.7. The van der Waals surface area contributed by atoms with Crippen LogP contribution in [0.5, 0.6) is 0 Å². The molecule has 2 rings (SSSR count). The number of carbonyl (C=O) groups excluding carboxylic acids is 1. The molecule has 140 valence electrons. The van der Waals surface area contributed by atoms with Crippen molar-refractivity contribution < 1.29 is 28.5 Å². The molecule has 24 heavy (non-hydrogen) atoms. The van der Waals surface area contributed by atoms with Gasteiger partial charge in [-0.25, -0.2) is 0 Å². The molecule has 1 aliphatic heterocycles. The molecule has 0 unspecified atom stereocenters. The Hall–Kier alpha value is -0.530. The monoisotopic (exact) mass is 344 g/mol. The lowest BCUT2D eigenvalue weighted by Gasteiger charge is -2.37. The fraction of sp³-hybridized carbons (Fsp3) is 0.944. The summed E-state index contributed by atoms with van der Waals surface area (Å²) in [5.41, 5.74) is -0.436. The molecule has 0 aromatic rings. The van der Waals surface area contributed by atoms with Gasteiger partial charge in [0.2, 0.25) is 0 Å². The van der Waals surface area contributed by atoms with E-state index in [2.05, 4.69) is 6.92 Å². The predicted molar refractivity (Wildman–Crippen MR) is 88.7 cm³/mol. The molecule has 0 bridgehead atoms. The van der Waals surface area contributed by atoms with Crippen LogP contribution in [-0.4, -0.2) is 58.0 Å². The van der Waals surface area contributed by atoms with E-state index in [0.717, 1.165) is 38.5 Å². The molecule has 1 saturated heterocycles. The van der Waals surface area contributed by atoms with E-state index >= 15 is 0 Å². The zero-order chi connectivity index (χ0) is 17.4. The highest BCUT2D eigenvalue weighted by Gasteiger charge is 2.45. The first kappa shape index (κ1) is 19.8. The molecule has 6 nitrogen and oxygen atoms in total. The summed E-state index contributed by atoms with van der Waals surface area (Å²) >= 11 is 0. The van der Waals surface area contributed by atoms with Gasteiger partial charge in [-0.05, 0) is 45.4 Å². The smallest absolute Gasteiger partial charge is 0.147 e. The standard InChI is InChI=1S/C18H32O6/c1-18(23-13-21-3)10-9-14-15(19)6-4-7-16(14)24-17(18)8-5-11-22-12-20-2/h14,16-17H,4-13H2,1-3H3/t14-,16-,17+,18-/m0/s1. The normalized spacial score (nSPS) is 34.0. The number of hydrogen-bond donors (Lipinski definition) is 0. The number of fused-ring (bicyclic) bond motifs is 1. The van der Waals surface area contributed by atoms with Gasteiger partial charge in [0.25, 0.3) is 0 Å². The topological polar surface area (TPSA) is 63.2 Å². The number of ether oxygens (including phenoxy) is 5. The number of rotatable bonds is 9. The van der Waals surface area contributed by atoms with Gasteiger partial charge in [-0.3, -0.25) is 4.79 Å². The van der Waals surface area contributed by atoms with Gasteiger partial charge in [0.05, 0.1) is 17.8 Å². The van der Waals surface area contributed by atoms with Crippen molar-refractivity contribution in [3.05, 3.63) is 0 Å². The Labute approximate surface area is 145 Å². The van der Waals surface area contributed by atoms with Crippen molar-refractivity contribution in [1.82, 2.24) is 0 Å². The van der Waals surface area contributed by atoms with Crippen LogP contribution in [0.1, 0.15) is 51.9 Å². The average molecular weight is 344 g/mol. The van der Waals surface area contributed by atoms with Crippen molar-refractivity contribution in [2.45, 2.75) is 69.7 Å². The number of methoxy groups -OCH3 is 2. The van der Waals surface area contributed by atoms with Gasteiger partial charge < -0.3 is 23.7 Å². The van der Waals surface area contributed by atoms with Gasteiger partial charge >= 0.3 is 0 Å². The van der Waals surface area contributed by atoms with Crippen LogP contribution in [0.4, 0.5) is 0 Å². The van der Waals surface area contributed by atoms with Crippen molar-refractivity contribution >= 4 is 5.78 Å². The van der Waals surface area contributed by atoms with Gasteiger partial charge in [0.1, 0.15) is 19.4 Å². The molecule has 2 fully saturated rings. The lowest BCUT2D eigenvalue weighted by molar-refractivity contribution is -0.194. The van der Waals surface area contributed by atoms with Crippen LogP contribution in [0.15, 0.2) is 0 Å². The quantitative estimate of drug-likeness (QED) is 0.473. The molecular formula is C18H32O6. The molecule has 1 aliphatic carbocycles. The van der Waals surface area contributed by atoms with E-state index in [1.165, 1.54) is 0 Å². The van der Waals surface area contributed by atoms with E-state index in [1.807, 2.05) is 0 Å². The van der Waals surface area contributed by atoms with Gasteiger partial charge in [-0.1, -0.05) is 0 Å². The zero-order valence-electron chi connectivity index (χ0n) is 15.3. The first-order valence-electron chi connectivity index (χ1n) is 8.98. The lowest BCUT2D eigenvalue weighted by Crippen LogP contribution is -2.45. The summed E-state index contributed by atoms with van der Waals surface area (Å²) in [7, 11) is 3.24. The van der Waals surface area contributed by atoms with E-state index in [-0.39, 0.29) is 24.9 Å². The third-order valence-electron chi connectivity index (χ3n) is 5.21. The fourth-order valence-electron chi connectivity index (χ4n) is 3.78. The molecule has 6 heteroatoms. The SMILES string of the molecule is COCOCCC[C@H]1O[C@H]2CCCC(=O)[C@@H]2CC[C@]1(C)OCOC. The second-order valence-corrected chi connectivity index (χ2v) is 6.99. The van der Waals surface area contributed by atoms with Crippen LogP contribution in [0.3, 0.4) is 0 Å². The molecule has 0 aromatic carbocycles. The van der Waals surface area contributed by atoms with E-state index in [9.17, 15) is 4.79 Å². The summed E-state index contributed by atoms with van der Waals surface area (Å²) < 4.78 is 27.8. The summed E-state index contributed by atoms with van der Waals surface area (Å²) in [6.07, 6.45) is 5.91. The number of hydrogen-bond acceptors (Lipinski definition) is 6. The highest BCUT2D eigenvalue weighted by molar-refractivity contribution is 5.82. The second kappa shape index (κ2) is 9.82. The molecule has 4 atom stereocenters. The maximum absolute atomic E-state index is 12.3. The van der Waals surface area contributed by atoms with Crippen LogP contribution in [0.2, 0.25) is 0 Å². The minimum atomic E-state index is -0.436. The summed E-state index contributed by atoms with van der Waals surface area (Å²) in [6, 6.07) is 0. The molecule has 0 aromatic heterocycles. The van der Waals surface area contributed by atoms with E-state index in [1.54, 1.807) is 14.2 Å². The lowest BCUT2D eigenvalue weighted by atomic mass is 9.81. The largest absolute Gasteiger partial charge is 0.371 e. The minimum Gasteiger partial charge on any atom is -0.371 e. The van der Waals surface area contributed by atoms with E-state index < -0.39 is 5.60 Å². The summed E-state index contributed by atoms with van der Waals surface area (Å²) in [5.74, 6) is 0.378. The van der Waals surface area contributed by atoms with Crippen molar-refractivity contribution in [3.8, 4) is 0 Å². The van der Waals surface area contributed by atoms with Crippen LogP contribution in [0.25, 0.3) is 0 Å². The average Bonchev–Trinajstić information content (AvgIpc) is 2.71. The summed E-state index contributed by atoms with van der Waals surface area (Å²) in [5, 5.41) is 0. The Morgan fingerprint density at radius 1 is 1.21 bits per heavy atom. The Balaban J connectivity index is 2.00. The molecule has 0 radical (unpaired) electrons. The molecule has 1 heterocycles. The number of ketones is 1. The number of Topliss-reactive ketones (excluding diaryl/α,β-unsaturated/α-hetero) is 1. The number of carbonyl (C=O) groups is 1. The van der Waals surface area contributed by atoms with Crippen LogP contribution in [-0.2, 0) is 28.5 Å². The van der Waals surface area contributed by atoms with Crippen molar-refractivity contribution in [1.29, 1.82) is 0 Å². The minimum absolute atomic E-state index is 0.0268. The second-order valence-electron chi connectivity index (χ2n) is 6.99. The molecular weight excluding hydrogens is 312 g/mol. The Morgan fingerprint density at radius 2 is 2.00 bits per heavy atom. The zero-order valence-corrected chi connectivity index (χ0v) is 15.3. The van der Waals surface area contributed by atoms with E-state index in [0.29, 0.717) is 25.6 Å². The summed E-state index contributed by atoms with van der Waals surface area (Å²) in [4.78, 5) is 12.3. The first-order chi connectivity index (χ1) is 11.6. The van der Waals surface area contributed by atoms with Gasteiger partial charge in [-0.15, -0.1) is 0 Å². The maximum atomic E-state index is 12.3. The highest BCUT2D eigenvalue weighted by Crippen LogP contribution is 2.39. The van der Waals surface area contributed by atoms with Gasteiger partial charge in [-0.2, -0.15) is 0 Å². The molecule has 0 amide bonds. The Bertz CT molecular complexity index is 388. The first-order valence-corrected chi connectivity index (χ1v) is 8.98. The van der Waals surface area contributed by atoms with Gasteiger partial charge in [0, 0.05) is 33.2 Å². The molecule has 1 saturated carbocycles. The Kier molecular flexibility index (Phi) is 8.10. The fourth-order valence-corrected chi connectivity index (χ4v) is 3.78. The van der Waals surface area contributed by atoms with Crippen molar-refractivity contribution in [2.75, 3.05) is 34.4 Å². The molecule has 0 N–H and O–H groups in total. The van der Waals surface area contributed by atoms with Crippen LogP contribution in [0, 0.1) is 5.92 Å².